The molecule has 1 amide bonds. The van der Waals surface area contributed by atoms with Gasteiger partial charge in [0.05, 0.1) is 0 Å². The second kappa shape index (κ2) is 4.33. The van der Waals surface area contributed by atoms with Gasteiger partial charge < -0.3 is 5.73 Å². The van der Waals surface area contributed by atoms with E-state index in [1.165, 1.54) is 24.3 Å². The Morgan fingerprint density at radius 3 is 2.35 bits per heavy atom. The van der Waals surface area contributed by atoms with Crippen LogP contribution in [0.25, 0.3) is 11.1 Å². The third-order valence-corrected chi connectivity index (χ3v) is 2.41. The Labute approximate surface area is 96.7 Å². The Bertz CT molecular complexity index is 581. The molecule has 0 aromatic heterocycles. The van der Waals surface area contributed by atoms with Crippen LogP contribution in [-0.4, -0.2) is 5.91 Å². The molecule has 17 heavy (non-hydrogen) atoms. The molecular weight excluding hydrogens is 224 g/mol. The van der Waals surface area contributed by atoms with E-state index >= 15 is 0 Å². The molecule has 0 heterocycles. The van der Waals surface area contributed by atoms with Gasteiger partial charge in [-0.2, -0.15) is 0 Å². The van der Waals surface area contributed by atoms with Gasteiger partial charge in [-0.1, -0.05) is 18.2 Å². The number of nitrogens with two attached hydrogens (primary N) is 1. The average Bonchev–Trinajstić information content (AvgIpc) is 2.29. The molecule has 2 aromatic carbocycles. The molecule has 2 N–H and O–H groups in total. The summed E-state index contributed by atoms with van der Waals surface area (Å²) in [5.41, 5.74) is 5.58. The fraction of sp³-hybridized carbons (Fsp3) is 0. The van der Waals surface area contributed by atoms with Gasteiger partial charge >= 0.3 is 0 Å². The summed E-state index contributed by atoms with van der Waals surface area (Å²) in [7, 11) is 0. The van der Waals surface area contributed by atoms with Crippen molar-refractivity contribution in [2.24, 2.45) is 5.73 Å². The van der Waals surface area contributed by atoms with Gasteiger partial charge in [0.25, 0.3) is 0 Å². The number of amides is 1. The van der Waals surface area contributed by atoms with Crippen molar-refractivity contribution in [2.45, 2.75) is 0 Å². The maximum Gasteiger partial charge on any atom is 0.249 e. The molecular formula is C13H9F2NO. The zero-order valence-electron chi connectivity index (χ0n) is 8.78. The van der Waals surface area contributed by atoms with Crippen molar-refractivity contribution in [1.29, 1.82) is 0 Å². The molecule has 0 aliphatic rings. The molecule has 86 valence electrons. The maximum absolute atomic E-state index is 13.6. The van der Waals surface area contributed by atoms with E-state index in [2.05, 4.69) is 0 Å². The van der Waals surface area contributed by atoms with Gasteiger partial charge in [0.15, 0.2) is 0 Å². The highest BCUT2D eigenvalue weighted by Crippen LogP contribution is 2.26. The number of benzene rings is 2. The van der Waals surface area contributed by atoms with Crippen LogP contribution in [-0.2, 0) is 0 Å². The molecule has 0 aliphatic carbocycles. The molecule has 2 aromatic rings. The van der Waals surface area contributed by atoms with Crippen LogP contribution in [0, 0.1) is 11.6 Å². The van der Waals surface area contributed by atoms with Crippen LogP contribution in [0.5, 0.6) is 0 Å². The van der Waals surface area contributed by atoms with Crippen LogP contribution in [0.15, 0.2) is 42.5 Å². The average molecular weight is 233 g/mol. The number of halogens is 2. The highest BCUT2D eigenvalue weighted by molar-refractivity contribution is 5.99. The minimum atomic E-state index is -0.719. The van der Waals surface area contributed by atoms with Crippen molar-refractivity contribution in [3.63, 3.8) is 0 Å². The second-order valence-electron chi connectivity index (χ2n) is 3.53. The van der Waals surface area contributed by atoms with E-state index in [1.54, 1.807) is 6.07 Å². The van der Waals surface area contributed by atoms with E-state index in [9.17, 15) is 13.6 Å². The molecule has 2 nitrogen and oxygen atoms in total. The molecule has 0 atom stereocenters. The van der Waals surface area contributed by atoms with E-state index in [1.807, 2.05) is 0 Å². The van der Waals surface area contributed by atoms with Crippen LogP contribution >= 0.6 is 0 Å². The van der Waals surface area contributed by atoms with Crippen molar-refractivity contribution >= 4 is 5.91 Å². The Kier molecular flexibility index (Phi) is 2.87. The van der Waals surface area contributed by atoms with Crippen LogP contribution in [0.3, 0.4) is 0 Å². The number of hydrogen-bond acceptors (Lipinski definition) is 1. The monoisotopic (exact) mass is 233 g/mol. The fourth-order valence-electron chi connectivity index (χ4n) is 1.63. The summed E-state index contributed by atoms with van der Waals surface area (Å²) in [6.45, 7) is 0. The van der Waals surface area contributed by atoms with Gasteiger partial charge in [-0.15, -0.1) is 0 Å². The minimum absolute atomic E-state index is 0.0940. The van der Waals surface area contributed by atoms with Gasteiger partial charge in [-0.3, -0.25) is 4.79 Å². The zero-order chi connectivity index (χ0) is 12.4. The molecule has 0 saturated heterocycles. The zero-order valence-corrected chi connectivity index (χ0v) is 8.78. The minimum Gasteiger partial charge on any atom is -0.366 e. The van der Waals surface area contributed by atoms with Crippen molar-refractivity contribution < 1.29 is 13.6 Å². The smallest absolute Gasteiger partial charge is 0.249 e. The molecule has 0 spiro atoms. The lowest BCUT2D eigenvalue weighted by Gasteiger charge is -2.08. The predicted octanol–water partition coefficient (Wildman–Crippen LogP) is 2.73. The number of rotatable bonds is 2. The van der Waals surface area contributed by atoms with Gasteiger partial charge in [0, 0.05) is 16.7 Å². The van der Waals surface area contributed by atoms with Gasteiger partial charge in [-0.25, -0.2) is 8.78 Å². The lowest BCUT2D eigenvalue weighted by Crippen LogP contribution is -2.12. The first-order valence-electron chi connectivity index (χ1n) is 4.94. The van der Waals surface area contributed by atoms with E-state index in [4.69, 9.17) is 5.73 Å². The molecule has 0 radical (unpaired) electrons. The third-order valence-electron chi connectivity index (χ3n) is 2.41. The largest absolute Gasteiger partial charge is 0.366 e. The standard InChI is InChI=1S/C13H9F2NO/c14-8-5-6-10(13(16)17)11(7-8)9-3-1-2-4-12(9)15/h1-7H,(H2,16,17). The van der Waals surface area contributed by atoms with Crippen molar-refractivity contribution in [3.8, 4) is 11.1 Å². The van der Waals surface area contributed by atoms with Crippen LogP contribution in [0.4, 0.5) is 8.78 Å². The van der Waals surface area contributed by atoms with E-state index < -0.39 is 17.5 Å². The lowest BCUT2D eigenvalue weighted by molar-refractivity contribution is 0.100. The molecule has 4 heteroatoms. The highest BCUT2D eigenvalue weighted by Gasteiger charge is 2.13. The Morgan fingerprint density at radius 1 is 1.00 bits per heavy atom. The molecule has 0 fully saturated rings. The first kappa shape index (κ1) is 11.3. The summed E-state index contributed by atoms with van der Waals surface area (Å²) in [5.74, 6) is -1.79. The van der Waals surface area contributed by atoms with Crippen LogP contribution in [0.2, 0.25) is 0 Å². The summed E-state index contributed by atoms with van der Waals surface area (Å²) in [5, 5.41) is 0. The topological polar surface area (TPSA) is 43.1 Å². The van der Waals surface area contributed by atoms with Gasteiger partial charge in [-0.05, 0) is 24.3 Å². The molecule has 0 bridgehead atoms. The molecule has 0 aliphatic heterocycles. The van der Waals surface area contributed by atoms with E-state index in [0.29, 0.717) is 0 Å². The Morgan fingerprint density at radius 2 is 1.71 bits per heavy atom. The summed E-state index contributed by atoms with van der Waals surface area (Å²) in [4.78, 5) is 11.2. The molecule has 0 saturated carbocycles. The molecule has 0 unspecified atom stereocenters. The number of hydrogen-bond donors (Lipinski definition) is 1. The first-order chi connectivity index (χ1) is 8.09. The number of carbonyl (C=O) groups excluding carboxylic acids is 1. The Balaban J connectivity index is 2.70. The lowest BCUT2D eigenvalue weighted by atomic mass is 9.98. The fourth-order valence-corrected chi connectivity index (χ4v) is 1.63. The predicted molar refractivity (Wildman–Crippen MR) is 60.3 cm³/mol. The number of primary amides is 1. The van der Waals surface area contributed by atoms with Gasteiger partial charge in [0.1, 0.15) is 11.6 Å². The quantitative estimate of drug-likeness (QED) is 0.851. The highest BCUT2D eigenvalue weighted by atomic mass is 19.1. The van der Waals surface area contributed by atoms with E-state index in [-0.39, 0.29) is 16.7 Å². The second-order valence-corrected chi connectivity index (χ2v) is 3.53. The Hall–Kier alpha value is -2.23. The van der Waals surface area contributed by atoms with E-state index in [0.717, 1.165) is 12.1 Å². The van der Waals surface area contributed by atoms with Crippen LogP contribution in [0.1, 0.15) is 10.4 Å². The van der Waals surface area contributed by atoms with Crippen molar-refractivity contribution in [2.75, 3.05) is 0 Å². The van der Waals surface area contributed by atoms with Gasteiger partial charge in [0.2, 0.25) is 5.91 Å². The normalized spacial score (nSPS) is 10.2. The summed E-state index contributed by atoms with van der Waals surface area (Å²) < 4.78 is 26.7. The van der Waals surface area contributed by atoms with Crippen molar-refractivity contribution in [1.82, 2.24) is 0 Å². The van der Waals surface area contributed by atoms with Crippen LogP contribution < -0.4 is 5.73 Å². The first-order valence-corrected chi connectivity index (χ1v) is 4.94. The maximum atomic E-state index is 13.6. The molecule has 2 rings (SSSR count). The SMILES string of the molecule is NC(=O)c1ccc(F)cc1-c1ccccc1F. The van der Waals surface area contributed by atoms with Crippen molar-refractivity contribution in [3.05, 3.63) is 59.7 Å². The summed E-state index contributed by atoms with van der Waals surface area (Å²) in [6.07, 6.45) is 0. The number of carbonyl (C=O) groups is 1. The third kappa shape index (κ3) is 2.15. The summed E-state index contributed by atoms with van der Waals surface area (Å²) >= 11 is 0. The summed E-state index contributed by atoms with van der Waals surface area (Å²) in [6, 6.07) is 9.29.